The SMILES string of the molecule is CCCNC(c1ccc(C)c(C)c1)C1CC(C)CC(C)C1. The molecule has 1 nitrogen and oxygen atoms in total. The number of rotatable bonds is 5. The van der Waals surface area contributed by atoms with E-state index in [-0.39, 0.29) is 0 Å². The van der Waals surface area contributed by atoms with Crippen LogP contribution in [0.25, 0.3) is 0 Å². The van der Waals surface area contributed by atoms with Crippen LogP contribution in [0.3, 0.4) is 0 Å². The molecule has 0 heterocycles. The second-order valence-electron chi connectivity index (χ2n) is 7.45. The van der Waals surface area contributed by atoms with Gasteiger partial charge in [-0.05, 0) is 80.5 Å². The molecular formula is C20H33N. The first kappa shape index (κ1) is 16.5. The van der Waals surface area contributed by atoms with Crippen LogP contribution in [0, 0.1) is 31.6 Å². The quantitative estimate of drug-likeness (QED) is 0.763. The lowest BCUT2D eigenvalue weighted by molar-refractivity contribution is 0.176. The Kier molecular flexibility index (Phi) is 5.87. The maximum absolute atomic E-state index is 3.84. The Hall–Kier alpha value is -0.820. The second kappa shape index (κ2) is 7.45. The molecule has 0 bridgehead atoms. The molecule has 1 N–H and O–H groups in total. The maximum Gasteiger partial charge on any atom is 0.0348 e. The van der Waals surface area contributed by atoms with Gasteiger partial charge in [0.2, 0.25) is 0 Å². The summed E-state index contributed by atoms with van der Waals surface area (Å²) in [6.07, 6.45) is 5.36. The van der Waals surface area contributed by atoms with Gasteiger partial charge in [0.15, 0.2) is 0 Å². The van der Waals surface area contributed by atoms with Crippen LogP contribution < -0.4 is 5.32 Å². The predicted octanol–water partition coefficient (Wildman–Crippen LogP) is 5.42. The first-order valence-corrected chi connectivity index (χ1v) is 8.81. The molecule has 3 atom stereocenters. The molecule has 0 aliphatic heterocycles. The van der Waals surface area contributed by atoms with E-state index in [1.807, 2.05) is 0 Å². The van der Waals surface area contributed by atoms with Crippen molar-refractivity contribution in [2.45, 2.75) is 66.3 Å². The number of aryl methyl sites for hydroxylation is 2. The fourth-order valence-corrected chi connectivity index (χ4v) is 4.10. The van der Waals surface area contributed by atoms with Crippen molar-refractivity contribution in [1.29, 1.82) is 0 Å². The maximum atomic E-state index is 3.84. The summed E-state index contributed by atoms with van der Waals surface area (Å²) in [4.78, 5) is 0. The first-order chi connectivity index (χ1) is 10.0. The molecule has 1 aromatic rings. The third-order valence-corrected chi connectivity index (χ3v) is 5.19. The molecule has 1 heteroatoms. The van der Waals surface area contributed by atoms with Crippen molar-refractivity contribution in [1.82, 2.24) is 5.32 Å². The Balaban J connectivity index is 2.22. The number of hydrogen-bond donors (Lipinski definition) is 1. The van der Waals surface area contributed by atoms with Crippen molar-refractivity contribution >= 4 is 0 Å². The minimum Gasteiger partial charge on any atom is -0.310 e. The number of benzene rings is 1. The Morgan fingerprint density at radius 1 is 1.05 bits per heavy atom. The van der Waals surface area contributed by atoms with Gasteiger partial charge in [-0.1, -0.05) is 39.0 Å². The van der Waals surface area contributed by atoms with E-state index < -0.39 is 0 Å². The fraction of sp³-hybridized carbons (Fsp3) is 0.700. The first-order valence-electron chi connectivity index (χ1n) is 8.81. The van der Waals surface area contributed by atoms with Gasteiger partial charge in [-0.3, -0.25) is 0 Å². The minimum atomic E-state index is 0.537. The topological polar surface area (TPSA) is 12.0 Å². The summed E-state index contributed by atoms with van der Waals surface area (Å²) >= 11 is 0. The van der Waals surface area contributed by atoms with Crippen molar-refractivity contribution in [2.75, 3.05) is 6.54 Å². The van der Waals surface area contributed by atoms with Crippen LogP contribution in [0.2, 0.25) is 0 Å². The zero-order valence-electron chi connectivity index (χ0n) is 14.6. The Bertz CT molecular complexity index is 441. The summed E-state index contributed by atoms with van der Waals surface area (Å²) in [5.41, 5.74) is 4.32. The van der Waals surface area contributed by atoms with E-state index in [1.54, 1.807) is 0 Å². The van der Waals surface area contributed by atoms with Crippen LogP contribution in [-0.2, 0) is 0 Å². The van der Waals surface area contributed by atoms with E-state index >= 15 is 0 Å². The van der Waals surface area contributed by atoms with E-state index in [0.717, 1.165) is 24.3 Å². The third kappa shape index (κ3) is 4.32. The van der Waals surface area contributed by atoms with Gasteiger partial charge in [-0.25, -0.2) is 0 Å². The lowest BCUT2D eigenvalue weighted by atomic mass is 9.72. The van der Waals surface area contributed by atoms with E-state index in [1.165, 1.54) is 42.4 Å². The number of hydrogen-bond acceptors (Lipinski definition) is 1. The van der Waals surface area contributed by atoms with E-state index in [9.17, 15) is 0 Å². The Morgan fingerprint density at radius 2 is 1.71 bits per heavy atom. The zero-order valence-corrected chi connectivity index (χ0v) is 14.6. The highest BCUT2D eigenvalue weighted by atomic mass is 14.9. The largest absolute Gasteiger partial charge is 0.310 e. The highest BCUT2D eigenvalue weighted by Gasteiger charge is 2.30. The van der Waals surface area contributed by atoms with Crippen molar-refractivity contribution in [3.8, 4) is 0 Å². The zero-order chi connectivity index (χ0) is 15.4. The van der Waals surface area contributed by atoms with E-state index in [0.29, 0.717) is 6.04 Å². The lowest BCUT2D eigenvalue weighted by Gasteiger charge is -2.37. The average molecular weight is 287 g/mol. The van der Waals surface area contributed by atoms with Gasteiger partial charge >= 0.3 is 0 Å². The van der Waals surface area contributed by atoms with Crippen LogP contribution in [-0.4, -0.2) is 6.54 Å². The van der Waals surface area contributed by atoms with Gasteiger partial charge in [0.1, 0.15) is 0 Å². The predicted molar refractivity (Wildman–Crippen MR) is 92.6 cm³/mol. The van der Waals surface area contributed by atoms with E-state index in [4.69, 9.17) is 0 Å². The van der Waals surface area contributed by atoms with Gasteiger partial charge in [0.25, 0.3) is 0 Å². The molecule has 0 saturated heterocycles. The molecule has 1 aromatic carbocycles. The summed E-state index contributed by atoms with van der Waals surface area (Å²) < 4.78 is 0. The van der Waals surface area contributed by atoms with Crippen molar-refractivity contribution in [2.24, 2.45) is 17.8 Å². The van der Waals surface area contributed by atoms with Gasteiger partial charge < -0.3 is 5.32 Å². The molecule has 2 rings (SSSR count). The van der Waals surface area contributed by atoms with Crippen LogP contribution in [0.4, 0.5) is 0 Å². The van der Waals surface area contributed by atoms with Crippen LogP contribution in [0.1, 0.15) is 69.2 Å². The number of nitrogens with one attached hydrogen (secondary N) is 1. The highest BCUT2D eigenvalue weighted by Crippen LogP contribution is 2.40. The molecule has 1 aliphatic carbocycles. The standard InChI is InChI=1S/C20H33N/c1-6-9-21-20(18-8-7-16(4)17(5)13-18)19-11-14(2)10-15(3)12-19/h7-8,13-15,19-21H,6,9-12H2,1-5H3. The Labute approximate surface area is 131 Å². The van der Waals surface area contributed by atoms with E-state index in [2.05, 4.69) is 58.1 Å². The Morgan fingerprint density at radius 3 is 2.29 bits per heavy atom. The smallest absolute Gasteiger partial charge is 0.0348 e. The normalized spacial score (nSPS) is 27.6. The monoisotopic (exact) mass is 287 g/mol. The fourth-order valence-electron chi connectivity index (χ4n) is 4.10. The molecule has 1 fully saturated rings. The van der Waals surface area contributed by atoms with Crippen LogP contribution in [0.15, 0.2) is 18.2 Å². The summed E-state index contributed by atoms with van der Waals surface area (Å²) in [6, 6.07) is 7.59. The van der Waals surface area contributed by atoms with Crippen molar-refractivity contribution in [3.05, 3.63) is 34.9 Å². The molecule has 0 aromatic heterocycles. The van der Waals surface area contributed by atoms with Gasteiger partial charge in [-0.2, -0.15) is 0 Å². The minimum absolute atomic E-state index is 0.537. The molecular weight excluding hydrogens is 254 g/mol. The van der Waals surface area contributed by atoms with Gasteiger partial charge in [-0.15, -0.1) is 0 Å². The molecule has 1 saturated carbocycles. The second-order valence-corrected chi connectivity index (χ2v) is 7.45. The molecule has 0 radical (unpaired) electrons. The molecule has 118 valence electrons. The summed E-state index contributed by atoms with van der Waals surface area (Å²) in [7, 11) is 0. The molecule has 0 amide bonds. The summed E-state index contributed by atoms with van der Waals surface area (Å²) in [5.74, 6) is 2.53. The van der Waals surface area contributed by atoms with Crippen LogP contribution in [0.5, 0.6) is 0 Å². The highest BCUT2D eigenvalue weighted by molar-refractivity contribution is 5.32. The molecule has 1 aliphatic rings. The molecule has 21 heavy (non-hydrogen) atoms. The molecule has 0 spiro atoms. The third-order valence-electron chi connectivity index (χ3n) is 5.19. The van der Waals surface area contributed by atoms with Crippen molar-refractivity contribution in [3.63, 3.8) is 0 Å². The van der Waals surface area contributed by atoms with Gasteiger partial charge in [0.05, 0.1) is 0 Å². The lowest BCUT2D eigenvalue weighted by Crippen LogP contribution is -2.33. The molecule has 3 unspecified atom stereocenters. The summed E-state index contributed by atoms with van der Waals surface area (Å²) in [5, 5.41) is 3.84. The summed E-state index contributed by atoms with van der Waals surface area (Å²) in [6.45, 7) is 12.7. The van der Waals surface area contributed by atoms with Crippen molar-refractivity contribution < 1.29 is 0 Å². The average Bonchev–Trinajstić information content (AvgIpc) is 2.42. The van der Waals surface area contributed by atoms with Crippen LogP contribution >= 0.6 is 0 Å². The van der Waals surface area contributed by atoms with Gasteiger partial charge in [0, 0.05) is 6.04 Å².